The van der Waals surface area contributed by atoms with Gasteiger partial charge in [-0.05, 0) is 44.3 Å². The molecule has 3 aromatic rings. The Bertz CT molecular complexity index is 1700. The zero-order valence-corrected chi connectivity index (χ0v) is 29.9. The molecule has 1 aliphatic heterocycles. The predicted octanol–water partition coefficient (Wildman–Crippen LogP) is 4.09. The molecule has 272 valence electrons. The number of nitrogens with one attached hydrogen (secondary N) is 1. The van der Waals surface area contributed by atoms with E-state index in [1.807, 2.05) is 6.92 Å². The average Bonchev–Trinajstić information content (AvgIpc) is 3.63. The predicted molar refractivity (Wildman–Crippen MR) is 182 cm³/mol. The highest BCUT2D eigenvalue weighted by atomic mass is 31.2. The van der Waals surface area contributed by atoms with Crippen molar-refractivity contribution in [1.29, 1.82) is 0 Å². The largest absolute Gasteiger partial charge is 0.465 e. The fourth-order valence-electron chi connectivity index (χ4n) is 5.09. The summed E-state index contributed by atoms with van der Waals surface area (Å²) in [6.07, 6.45) is -1.97. The molecular formula is C33H45N6O10P. The maximum atomic E-state index is 14.5. The van der Waals surface area contributed by atoms with Crippen molar-refractivity contribution in [1.82, 2.24) is 19.7 Å². The maximum Gasteiger partial charge on any atom is 0.459 e. The number of nitrogen functional groups attached to an aromatic ring is 1. The summed E-state index contributed by atoms with van der Waals surface area (Å²) in [5, 5.41) is 6.96. The van der Waals surface area contributed by atoms with Crippen molar-refractivity contribution in [3.05, 3.63) is 54.5 Å². The quantitative estimate of drug-likeness (QED) is 0.0874. The number of para-hydroxylation sites is 1. The van der Waals surface area contributed by atoms with Gasteiger partial charge in [0.25, 0.3) is 0 Å². The molecule has 6 atom stereocenters. The fraction of sp³-hybridized carbons (Fsp3) is 0.515. The number of nitrogens with zero attached hydrogens (tertiary/aromatic N) is 4. The van der Waals surface area contributed by atoms with Crippen molar-refractivity contribution in [2.75, 3.05) is 25.5 Å². The molecule has 0 spiro atoms. The Morgan fingerprint density at radius 3 is 2.38 bits per heavy atom. The summed E-state index contributed by atoms with van der Waals surface area (Å²) in [5.74, 6) is -2.75. The van der Waals surface area contributed by atoms with Gasteiger partial charge in [0.05, 0.1) is 37.3 Å². The normalized spacial score (nSPS) is 22.2. The molecule has 1 fully saturated rings. The van der Waals surface area contributed by atoms with Crippen LogP contribution in [0.5, 0.6) is 5.75 Å². The summed E-state index contributed by atoms with van der Waals surface area (Å²) >= 11 is 0. The Balaban J connectivity index is 1.82. The number of nitrogens with two attached hydrogens (primary N) is 1. The molecule has 1 aliphatic rings. The fourth-order valence-corrected chi connectivity index (χ4v) is 6.64. The Hall–Kier alpha value is -4.37. The first-order valence-corrected chi connectivity index (χ1v) is 17.8. The summed E-state index contributed by atoms with van der Waals surface area (Å²) in [4.78, 5) is 47.3. The lowest BCUT2D eigenvalue weighted by Gasteiger charge is -2.34. The van der Waals surface area contributed by atoms with Gasteiger partial charge in [0.15, 0.2) is 23.6 Å². The van der Waals surface area contributed by atoms with Crippen molar-refractivity contribution in [3.8, 4) is 5.75 Å². The number of carbonyl (C=O) groups excluding carboxylic acids is 3. The Labute approximate surface area is 290 Å². The highest BCUT2D eigenvalue weighted by Gasteiger charge is 2.61. The lowest BCUT2D eigenvalue weighted by molar-refractivity contribution is -0.176. The number of aromatic nitrogens is 3. The number of benzene rings is 1. The molecule has 0 amide bonds. The molecule has 0 aliphatic carbocycles. The second-order valence-corrected chi connectivity index (χ2v) is 14.1. The topological polar surface area (TPSA) is 204 Å². The zero-order valence-electron chi connectivity index (χ0n) is 29.0. The van der Waals surface area contributed by atoms with Crippen LogP contribution < -0.4 is 15.3 Å². The molecule has 50 heavy (non-hydrogen) atoms. The Kier molecular flexibility index (Phi) is 12.7. The Morgan fingerprint density at radius 1 is 1.06 bits per heavy atom. The molecule has 0 unspecified atom stereocenters. The molecule has 3 heterocycles. The molecule has 2 aromatic heterocycles. The number of esters is 3. The van der Waals surface area contributed by atoms with Crippen LogP contribution in [0.4, 0.5) is 5.82 Å². The van der Waals surface area contributed by atoms with Crippen LogP contribution in [-0.4, -0.2) is 82.8 Å². The van der Waals surface area contributed by atoms with Crippen LogP contribution in [0, 0.1) is 11.8 Å². The van der Waals surface area contributed by atoms with Gasteiger partial charge in [0, 0.05) is 0 Å². The average molecular weight is 717 g/mol. The van der Waals surface area contributed by atoms with Gasteiger partial charge in [0.2, 0.25) is 0 Å². The van der Waals surface area contributed by atoms with Gasteiger partial charge in [-0.2, -0.15) is 10.2 Å². The number of hydrogen-bond donors (Lipinski definition) is 2. The molecule has 0 radical (unpaired) electrons. The number of fused-ring (bicyclic) bond motifs is 1. The molecule has 0 saturated carbocycles. The highest BCUT2D eigenvalue weighted by Crippen LogP contribution is 2.50. The van der Waals surface area contributed by atoms with Crippen molar-refractivity contribution in [2.24, 2.45) is 16.8 Å². The number of hydrogen-bond acceptors (Lipinski definition) is 14. The van der Waals surface area contributed by atoms with Crippen LogP contribution in [0.15, 0.2) is 53.8 Å². The third-order valence-electron chi connectivity index (χ3n) is 7.70. The van der Waals surface area contributed by atoms with E-state index in [0.29, 0.717) is 17.6 Å². The third kappa shape index (κ3) is 8.85. The first-order chi connectivity index (χ1) is 23.7. The second kappa shape index (κ2) is 16.6. The van der Waals surface area contributed by atoms with Crippen molar-refractivity contribution in [3.63, 3.8) is 0 Å². The van der Waals surface area contributed by atoms with E-state index in [1.54, 1.807) is 70.2 Å². The summed E-state index contributed by atoms with van der Waals surface area (Å²) in [5.41, 5.74) is 5.15. The third-order valence-corrected chi connectivity index (χ3v) is 9.32. The first kappa shape index (κ1) is 38.4. The monoisotopic (exact) mass is 716 g/mol. The van der Waals surface area contributed by atoms with E-state index in [1.165, 1.54) is 17.8 Å². The van der Waals surface area contributed by atoms with E-state index in [4.69, 9.17) is 33.7 Å². The minimum Gasteiger partial charge on any atom is -0.465 e. The standard InChI is InChI=1S/C33H45N6O10P/c1-8-16-44-32(42)22(6)38-50(43,49-23-12-10-9-11-13-23)45-18-33(17-35-7)28(47-31(41)21(4)5)27(46-30(40)20(2)3)26(48-33)24-14-15-25-29(34)36-19-37-39(24)25/h9-15,19-22,26-28H,7-8,16-18H2,1-6H3,(H,38,43)(H2,34,36,37)/t22-,26-,27-,28-,33+,50+/m0/s1. The van der Waals surface area contributed by atoms with E-state index >= 15 is 0 Å². The highest BCUT2D eigenvalue weighted by molar-refractivity contribution is 7.52. The van der Waals surface area contributed by atoms with Crippen LogP contribution in [0.25, 0.3) is 5.52 Å². The summed E-state index contributed by atoms with van der Waals surface area (Å²) in [7, 11) is -4.45. The molecule has 0 bridgehead atoms. The Morgan fingerprint density at radius 2 is 1.74 bits per heavy atom. The molecule has 3 N–H and O–H groups in total. The van der Waals surface area contributed by atoms with Crippen LogP contribution in [-0.2, 0) is 42.4 Å². The number of carbonyl (C=O) groups is 3. The molecule has 1 saturated heterocycles. The SMILES string of the molecule is C=NC[C@]1(CO[P@](=O)(N[C@@H](C)C(=O)OCCC)Oc2ccccc2)O[C@@H](c2ccc3c(N)ncnn23)[C@H](OC(=O)C(C)C)[C@@H]1OC(=O)C(C)C. The molecule has 17 heteroatoms. The summed E-state index contributed by atoms with van der Waals surface area (Å²) in [6.45, 7) is 12.8. The van der Waals surface area contributed by atoms with Gasteiger partial charge in [-0.25, -0.2) is 14.1 Å². The lowest BCUT2D eigenvalue weighted by atomic mass is 9.93. The van der Waals surface area contributed by atoms with Crippen molar-refractivity contribution >= 4 is 43.7 Å². The summed E-state index contributed by atoms with van der Waals surface area (Å²) in [6, 6.07) is 10.4. The van der Waals surface area contributed by atoms with Crippen molar-refractivity contribution < 1.29 is 46.9 Å². The minimum absolute atomic E-state index is 0.156. The molecular weight excluding hydrogens is 671 g/mol. The molecule has 4 rings (SSSR count). The smallest absolute Gasteiger partial charge is 0.459 e. The second-order valence-electron chi connectivity index (χ2n) is 12.4. The zero-order chi connectivity index (χ0) is 36.6. The van der Waals surface area contributed by atoms with Crippen LogP contribution in [0.1, 0.15) is 59.8 Å². The van der Waals surface area contributed by atoms with Gasteiger partial charge >= 0.3 is 25.7 Å². The van der Waals surface area contributed by atoms with Gasteiger partial charge in [-0.15, -0.1) is 0 Å². The molecule has 16 nitrogen and oxygen atoms in total. The van der Waals surface area contributed by atoms with Crippen LogP contribution in [0.2, 0.25) is 0 Å². The number of ether oxygens (including phenoxy) is 4. The van der Waals surface area contributed by atoms with E-state index < -0.39 is 74.1 Å². The van der Waals surface area contributed by atoms with E-state index in [0.717, 1.165) is 0 Å². The van der Waals surface area contributed by atoms with E-state index in [2.05, 4.69) is 26.9 Å². The van der Waals surface area contributed by atoms with E-state index in [9.17, 15) is 18.9 Å². The minimum atomic E-state index is -4.45. The molecule has 1 aromatic carbocycles. The first-order valence-electron chi connectivity index (χ1n) is 16.3. The van der Waals surface area contributed by atoms with Gasteiger partial charge in [0.1, 0.15) is 29.7 Å². The lowest BCUT2D eigenvalue weighted by Crippen LogP contribution is -2.53. The number of anilines is 1. The number of aliphatic imine (C=N–C) groups is 1. The van der Waals surface area contributed by atoms with Crippen molar-refractivity contribution in [2.45, 2.75) is 77.9 Å². The van der Waals surface area contributed by atoms with Crippen LogP contribution >= 0.6 is 7.75 Å². The number of rotatable bonds is 17. The van der Waals surface area contributed by atoms with Crippen LogP contribution in [0.3, 0.4) is 0 Å². The van der Waals surface area contributed by atoms with Gasteiger partial charge < -0.3 is 29.2 Å². The van der Waals surface area contributed by atoms with Gasteiger partial charge in [-0.1, -0.05) is 52.8 Å². The maximum absolute atomic E-state index is 14.5. The summed E-state index contributed by atoms with van der Waals surface area (Å²) < 4.78 is 51.8. The van der Waals surface area contributed by atoms with E-state index in [-0.39, 0.29) is 24.7 Å². The van der Waals surface area contributed by atoms with Gasteiger partial charge in [-0.3, -0.25) is 23.9 Å².